The fourth-order valence-electron chi connectivity index (χ4n) is 3.40. The monoisotopic (exact) mass is 439 g/mol. The summed E-state index contributed by atoms with van der Waals surface area (Å²) >= 11 is 0. The molecule has 0 unspecified atom stereocenters. The van der Waals surface area contributed by atoms with Gasteiger partial charge in [0.05, 0.1) is 11.4 Å². The Labute approximate surface area is 192 Å². The van der Waals surface area contributed by atoms with Crippen molar-refractivity contribution < 1.29 is 9.59 Å². The SMILES string of the molecule is Cc1cccc(-n2nc(-c3ccccc3)cc2NC(=O)CCC(=O)NCc2cccnc2)c1. The Bertz CT molecular complexity index is 1240. The van der Waals surface area contributed by atoms with Crippen LogP contribution in [-0.4, -0.2) is 26.6 Å². The molecule has 4 aromatic rings. The molecule has 0 aliphatic rings. The van der Waals surface area contributed by atoms with Gasteiger partial charge in [-0.2, -0.15) is 5.10 Å². The number of rotatable bonds is 8. The third-order valence-corrected chi connectivity index (χ3v) is 5.08. The Morgan fingerprint density at radius 3 is 2.48 bits per heavy atom. The fraction of sp³-hybridized carbons (Fsp3) is 0.154. The Morgan fingerprint density at radius 1 is 0.909 bits per heavy atom. The number of anilines is 1. The molecule has 7 heteroatoms. The van der Waals surface area contributed by atoms with E-state index in [1.54, 1.807) is 17.1 Å². The first-order chi connectivity index (χ1) is 16.1. The average molecular weight is 440 g/mol. The van der Waals surface area contributed by atoms with E-state index in [1.165, 1.54) is 0 Å². The van der Waals surface area contributed by atoms with Gasteiger partial charge < -0.3 is 10.6 Å². The van der Waals surface area contributed by atoms with Gasteiger partial charge in [0, 0.05) is 43.4 Å². The van der Waals surface area contributed by atoms with Crippen molar-refractivity contribution in [3.05, 3.63) is 96.3 Å². The standard InChI is InChI=1S/C26H25N5O2/c1-19-7-5-11-22(15-19)31-24(16-23(30-31)21-9-3-2-4-10-21)29-26(33)13-12-25(32)28-18-20-8-6-14-27-17-20/h2-11,14-17H,12-13,18H2,1H3,(H,28,32)(H,29,33). The Kier molecular flexibility index (Phi) is 6.90. The van der Waals surface area contributed by atoms with E-state index in [-0.39, 0.29) is 24.7 Å². The van der Waals surface area contributed by atoms with Crippen LogP contribution in [0.25, 0.3) is 16.9 Å². The number of carbonyl (C=O) groups is 2. The van der Waals surface area contributed by atoms with E-state index in [0.717, 1.165) is 28.1 Å². The minimum Gasteiger partial charge on any atom is -0.352 e. The Hall–Kier alpha value is -4.26. The van der Waals surface area contributed by atoms with E-state index in [1.807, 2.05) is 79.7 Å². The van der Waals surface area contributed by atoms with Crippen molar-refractivity contribution in [2.24, 2.45) is 0 Å². The number of aromatic nitrogens is 3. The molecule has 2 aromatic carbocycles. The topological polar surface area (TPSA) is 88.9 Å². The molecule has 0 saturated heterocycles. The molecule has 0 atom stereocenters. The third-order valence-electron chi connectivity index (χ3n) is 5.08. The summed E-state index contributed by atoms with van der Waals surface area (Å²) in [6.45, 7) is 2.39. The number of carbonyl (C=O) groups excluding carboxylic acids is 2. The molecular weight excluding hydrogens is 414 g/mol. The summed E-state index contributed by atoms with van der Waals surface area (Å²) in [5.74, 6) is 0.117. The van der Waals surface area contributed by atoms with E-state index in [4.69, 9.17) is 5.10 Å². The quantitative estimate of drug-likeness (QED) is 0.429. The van der Waals surface area contributed by atoms with Gasteiger partial charge in [0.1, 0.15) is 5.82 Å². The van der Waals surface area contributed by atoms with Crippen LogP contribution in [0.1, 0.15) is 24.0 Å². The van der Waals surface area contributed by atoms with E-state index >= 15 is 0 Å². The van der Waals surface area contributed by atoms with Crippen molar-refractivity contribution in [3.8, 4) is 16.9 Å². The lowest BCUT2D eigenvalue weighted by Gasteiger charge is -2.10. The van der Waals surface area contributed by atoms with Gasteiger partial charge in [-0.15, -0.1) is 0 Å². The molecular formula is C26H25N5O2. The largest absolute Gasteiger partial charge is 0.352 e. The van der Waals surface area contributed by atoms with E-state index in [0.29, 0.717) is 12.4 Å². The smallest absolute Gasteiger partial charge is 0.226 e. The first-order valence-corrected chi connectivity index (χ1v) is 10.8. The minimum atomic E-state index is -0.250. The van der Waals surface area contributed by atoms with Crippen LogP contribution in [0.2, 0.25) is 0 Å². The summed E-state index contributed by atoms with van der Waals surface area (Å²) in [6, 6.07) is 23.2. The molecule has 4 rings (SSSR count). The number of benzene rings is 2. The molecule has 0 fully saturated rings. The lowest BCUT2D eigenvalue weighted by molar-refractivity contribution is -0.124. The average Bonchev–Trinajstić information content (AvgIpc) is 3.26. The van der Waals surface area contributed by atoms with Crippen LogP contribution in [0.5, 0.6) is 0 Å². The molecule has 0 aliphatic heterocycles. The van der Waals surface area contributed by atoms with Gasteiger partial charge >= 0.3 is 0 Å². The second-order valence-corrected chi connectivity index (χ2v) is 7.72. The van der Waals surface area contributed by atoms with Gasteiger partial charge in [-0.3, -0.25) is 14.6 Å². The molecule has 2 aromatic heterocycles. The lowest BCUT2D eigenvalue weighted by Crippen LogP contribution is -2.24. The number of aryl methyl sites for hydroxylation is 1. The molecule has 166 valence electrons. The van der Waals surface area contributed by atoms with Crippen LogP contribution in [0.4, 0.5) is 5.82 Å². The van der Waals surface area contributed by atoms with Crippen molar-refractivity contribution in [1.82, 2.24) is 20.1 Å². The zero-order valence-corrected chi connectivity index (χ0v) is 18.4. The maximum absolute atomic E-state index is 12.6. The van der Waals surface area contributed by atoms with Crippen LogP contribution >= 0.6 is 0 Å². The molecule has 0 bridgehead atoms. The summed E-state index contributed by atoms with van der Waals surface area (Å²) in [4.78, 5) is 28.8. The highest BCUT2D eigenvalue weighted by Crippen LogP contribution is 2.25. The molecule has 33 heavy (non-hydrogen) atoms. The number of nitrogens with one attached hydrogen (secondary N) is 2. The molecule has 0 spiro atoms. The number of nitrogens with zero attached hydrogens (tertiary/aromatic N) is 3. The normalized spacial score (nSPS) is 10.6. The highest BCUT2D eigenvalue weighted by Gasteiger charge is 2.15. The predicted octanol–water partition coefficient (Wildman–Crippen LogP) is 4.28. The summed E-state index contributed by atoms with van der Waals surface area (Å²) < 4.78 is 1.72. The van der Waals surface area contributed by atoms with Gasteiger partial charge in [-0.1, -0.05) is 48.5 Å². The van der Waals surface area contributed by atoms with Crippen LogP contribution in [0, 0.1) is 6.92 Å². The fourth-order valence-corrected chi connectivity index (χ4v) is 3.40. The van der Waals surface area contributed by atoms with Gasteiger partial charge in [-0.05, 0) is 36.2 Å². The zero-order chi connectivity index (χ0) is 23.0. The third kappa shape index (κ3) is 5.92. The summed E-state index contributed by atoms with van der Waals surface area (Å²) in [5.41, 5.74) is 4.55. The molecule has 0 radical (unpaired) electrons. The molecule has 2 heterocycles. The maximum Gasteiger partial charge on any atom is 0.226 e. The number of hydrogen-bond acceptors (Lipinski definition) is 4. The molecule has 0 saturated carbocycles. The van der Waals surface area contributed by atoms with E-state index in [2.05, 4.69) is 15.6 Å². The van der Waals surface area contributed by atoms with Gasteiger partial charge in [0.2, 0.25) is 11.8 Å². The first-order valence-electron chi connectivity index (χ1n) is 10.8. The molecule has 0 aliphatic carbocycles. The second-order valence-electron chi connectivity index (χ2n) is 7.72. The highest BCUT2D eigenvalue weighted by molar-refractivity contribution is 5.93. The van der Waals surface area contributed by atoms with Gasteiger partial charge in [-0.25, -0.2) is 4.68 Å². The minimum absolute atomic E-state index is 0.0680. The number of amides is 2. The summed E-state index contributed by atoms with van der Waals surface area (Å²) in [7, 11) is 0. The Morgan fingerprint density at radius 2 is 1.73 bits per heavy atom. The van der Waals surface area contributed by atoms with Crippen molar-refractivity contribution in [2.75, 3.05) is 5.32 Å². The Balaban J connectivity index is 1.44. The van der Waals surface area contributed by atoms with Crippen LogP contribution < -0.4 is 10.6 Å². The van der Waals surface area contributed by atoms with Gasteiger partial charge in [0.25, 0.3) is 0 Å². The van der Waals surface area contributed by atoms with Crippen LogP contribution in [0.3, 0.4) is 0 Å². The van der Waals surface area contributed by atoms with Crippen molar-refractivity contribution in [3.63, 3.8) is 0 Å². The van der Waals surface area contributed by atoms with Crippen molar-refractivity contribution in [2.45, 2.75) is 26.3 Å². The second kappa shape index (κ2) is 10.4. The first kappa shape index (κ1) is 22.0. The summed E-state index contributed by atoms with van der Waals surface area (Å²) in [5, 5.41) is 10.4. The number of pyridine rings is 1. The predicted molar refractivity (Wildman–Crippen MR) is 128 cm³/mol. The van der Waals surface area contributed by atoms with Gasteiger partial charge in [0.15, 0.2) is 0 Å². The molecule has 2 amide bonds. The lowest BCUT2D eigenvalue weighted by atomic mass is 10.1. The van der Waals surface area contributed by atoms with Crippen LogP contribution in [-0.2, 0) is 16.1 Å². The van der Waals surface area contributed by atoms with Crippen LogP contribution in [0.15, 0.2) is 85.2 Å². The van der Waals surface area contributed by atoms with E-state index < -0.39 is 0 Å². The zero-order valence-electron chi connectivity index (χ0n) is 18.4. The molecule has 2 N–H and O–H groups in total. The van der Waals surface area contributed by atoms with Crippen molar-refractivity contribution >= 4 is 17.6 Å². The highest BCUT2D eigenvalue weighted by atomic mass is 16.2. The summed E-state index contributed by atoms with van der Waals surface area (Å²) in [6.07, 6.45) is 3.54. The number of hydrogen-bond donors (Lipinski definition) is 2. The van der Waals surface area contributed by atoms with E-state index in [9.17, 15) is 9.59 Å². The van der Waals surface area contributed by atoms with Crippen molar-refractivity contribution in [1.29, 1.82) is 0 Å². The molecule has 7 nitrogen and oxygen atoms in total. The maximum atomic E-state index is 12.6.